The van der Waals surface area contributed by atoms with Crippen LogP contribution in [0.25, 0.3) is 10.3 Å². The predicted octanol–water partition coefficient (Wildman–Crippen LogP) is 1.61. The molecule has 0 radical (unpaired) electrons. The average molecular weight is 278 g/mol. The molecule has 19 heavy (non-hydrogen) atoms. The molecule has 0 spiro atoms. The summed E-state index contributed by atoms with van der Waals surface area (Å²) in [5, 5.41) is 9.31. The van der Waals surface area contributed by atoms with E-state index in [1.807, 2.05) is 4.90 Å². The van der Waals surface area contributed by atoms with E-state index in [0.717, 1.165) is 25.9 Å². The molecule has 2 aromatic rings. The zero-order valence-electron chi connectivity index (χ0n) is 10.3. The van der Waals surface area contributed by atoms with Crippen molar-refractivity contribution in [1.29, 1.82) is 0 Å². The molecule has 0 aromatic carbocycles. The van der Waals surface area contributed by atoms with Gasteiger partial charge in [-0.25, -0.2) is 4.98 Å². The van der Waals surface area contributed by atoms with E-state index in [-0.39, 0.29) is 11.8 Å². The second-order valence-electron chi connectivity index (χ2n) is 4.58. The Kier molecular flexibility index (Phi) is 2.98. The van der Waals surface area contributed by atoms with Crippen LogP contribution in [0.1, 0.15) is 28.9 Å². The average Bonchev–Trinajstić information content (AvgIpc) is 2.75. The second-order valence-corrected chi connectivity index (χ2v) is 5.58. The standard InChI is InChI=1S/C12H14N4O2S/c13-8-9-11(15-7(17)6-14-9)19-10(8)12(18)16-4-2-1-3-5-16/h6H,1-5,13H2,(H,15,17). The van der Waals surface area contributed by atoms with Gasteiger partial charge in [0.05, 0.1) is 11.9 Å². The van der Waals surface area contributed by atoms with Gasteiger partial charge in [-0.3, -0.25) is 4.79 Å². The van der Waals surface area contributed by atoms with Gasteiger partial charge >= 0.3 is 0 Å². The number of nitrogens with two attached hydrogens (primary N) is 1. The summed E-state index contributed by atoms with van der Waals surface area (Å²) >= 11 is 1.19. The number of aromatic hydroxyl groups is 1. The monoisotopic (exact) mass is 278 g/mol. The number of thiophene rings is 1. The molecule has 0 bridgehead atoms. The first-order valence-corrected chi connectivity index (χ1v) is 7.01. The molecule has 100 valence electrons. The van der Waals surface area contributed by atoms with Crippen LogP contribution in [-0.2, 0) is 0 Å². The van der Waals surface area contributed by atoms with Crippen molar-refractivity contribution in [3.8, 4) is 5.88 Å². The molecule has 0 saturated carbocycles. The Morgan fingerprint density at radius 2 is 2.11 bits per heavy atom. The minimum absolute atomic E-state index is 0.0542. The summed E-state index contributed by atoms with van der Waals surface area (Å²) in [6, 6.07) is 0. The molecule has 7 heteroatoms. The molecule has 0 unspecified atom stereocenters. The summed E-state index contributed by atoms with van der Waals surface area (Å²) in [4.78, 5) is 23.2. The first-order chi connectivity index (χ1) is 9.16. The van der Waals surface area contributed by atoms with Gasteiger partial charge < -0.3 is 15.7 Å². The Labute approximate surface area is 113 Å². The van der Waals surface area contributed by atoms with Crippen LogP contribution in [0.5, 0.6) is 5.88 Å². The summed E-state index contributed by atoms with van der Waals surface area (Å²) in [6.45, 7) is 1.55. The molecule has 3 rings (SSSR count). The van der Waals surface area contributed by atoms with E-state index in [2.05, 4.69) is 9.97 Å². The van der Waals surface area contributed by atoms with Crippen LogP contribution in [-0.4, -0.2) is 39.0 Å². The summed E-state index contributed by atoms with van der Waals surface area (Å²) in [7, 11) is 0. The fourth-order valence-electron chi connectivity index (χ4n) is 2.28. The van der Waals surface area contributed by atoms with Crippen molar-refractivity contribution in [2.24, 2.45) is 0 Å². The quantitative estimate of drug-likeness (QED) is 0.826. The number of hydrogen-bond acceptors (Lipinski definition) is 6. The molecule has 0 atom stereocenters. The number of aromatic nitrogens is 2. The van der Waals surface area contributed by atoms with Gasteiger partial charge in [0.25, 0.3) is 5.91 Å². The largest absolute Gasteiger partial charge is 0.492 e. The molecule has 1 saturated heterocycles. The Morgan fingerprint density at radius 3 is 2.84 bits per heavy atom. The van der Waals surface area contributed by atoms with Crippen LogP contribution in [0.2, 0.25) is 0 Å². The Hall–Kier alpha value is -1.89. The predicted molar refractivity (Wildman–Crippen MR) is 73.2 cm³/mol. The van der Waals surface area contributed by atoms with E-state index in [1.165, 1.54) is 24.0 Å². The van der Waals surface area contributed by atoms with Gasteiger partial charge in [0.15, 0.2) is 0 Å². The van der Waals surface area contributed by atoms with Gasteiger partial charge in [-0.2, -0.15) is 4.98 Å². The maximum Gasteiger partial charge on any atom is 0.266 e. The highest BCUT2D eigenvalue weighted by molar-refractivity contribution is 7.21. The fraction of sp³-hybridized carbons (Fsp3) is 0.417. The highest BCUT2D eigenvalue weighted by Gasteiger charge is 2.24. The van der Waals surface area contributed by atoms with Crippen LogP contribution in [0.15, 0.2) is 6.20 Å². The normalized spacial score (nSPS) is 15.9. The van der Waals surface area contributed by atoms with Crippen LogP contribution in [0, 0.1) is 0 Å². The second kappa shape index (κ2) is 4.65. The van der Waals surface area contributed by atoms with Gasteiger partial charge in [-0.15, -0.1) is 11.3 Å². The number of nitrogens with zero attached hydrogens (tertiary/aromatic N) is 3. The zero-order chi connectivity index (χ0) is 13.4. The Balaban J connectivity index is 2.00. The third-order valence-corrected chi connectivity index (χ3v) is 4.34. The van der Waals surface area contributed by atoms with Crippen molar-refractivity contribution < 1.29 is 9.90 Å². The molecular weight excluding hydrogens is 264 g/mol. The zero-order valence-corrected chi connectivity index (χ0v) is 11.1. The van der Waals surface area contributed by atoms with E-state index < -0.39 is 0 Å². The number of nitrogen functional groups attached to an aromatic ring is 1. The van der Waals surface area contributed by atoms with Gasteiger partial charge in [0, 0.05) is 13.1 Å². The molecule has 1 amide bonds. The Bertz CT molecular complexity index is 634. The molecule has 1 aliphatic rings. The number of carbonyl (C=O) groups is 1. The van der Waals surface area contributed by atoms with Crippen LogP contribution < -0.4 is 5.73 Å². The summed E-state index contributed by atoms with van der Waals surface area (Å²) in [5.41, 5.74) is 6.83. The number of rotatable bonds is 1. The molecule has 6 nitrogen and oxygen atoms in total. The molecule has 2 aromatic heterocycles. The van der Waals surface area contributed by atoms with E-state index in [1.54, 1.807) is 0 Å². The lowest BCUT2D eigenvalue weighted by Crippen LogP contribution is -2.35. The number of piperidine rings is 1. The lowest BCUT2D eigenvalue weighted by Gasteiger charge is -2.26. The first-order valence-electron chi connectivity index (χ1n) is 6.20. The molecule has 0 aliphatic carbocycles. The van der Waals surface area contributed by atoms with Crippen LogP contribution in [0.3, 0.4) is 0 Å². The topological polar surface area (TPSA) is 92.3 Å². The van der Waals surface area contributed by atoms with Crippen molar-refractivity contribution >= 4 is 33.3 Å². The molecular formula is C12H14N4O2S. The first kappa shape index (κ1) is 12.2. The number of fused-ring (bicyclic) bond motifs is 1. The molecule has 3 heterocycles. The van der Waals surface area contributed by atoms with E-state index in [4.69, 9.17) is 5.73 Å². The van der Waals surface area contributed by atoms with E-state index in [9.17, 15) is 9.90 Å². The highest BCUT2D eigenvalue weighted by atomic mass is 32.1. The minimum Gasteiger partial charge on any atom is -0.492 e. The number of hydrogen-bond donors (Lipinski definition) is 2. The Morgan fingerprint density at radius 1 is 1.37 bits per heavy atom. The number of carbonyl (C=O) groups excluding carboxylic acids is 1. The van der Waals surface area contributed by atoms with Gasteiger partial charge in [-0.1, -0.05) is 0 Å². The SMILES string of the molecule is Nc1c(C(=O)N2CCCCC2)sc2nc(O)cnc12. The van der Waals surface area contributed by atoms with Crippen molar-refractivity contribution in [3.05, 3.63) is 11.1 Å². The number of likely N-dealkylation sites (tertiary alicyclic amines) is 1. The molecule has 1 fully saturated rings. The summed E-state index contributed by atoms with van der Waals surface area (Å²) < 4.78 is 0. The van der Waals surface area contributed by atoms with Gasteiger partial charge in [0.1, 0.15) is 15.2 Å². The fourth-order valence-corrected chi connectivity index (χ4v) is 3.29. The summed E-state index contributed by atoms with van der Waals surface area (Å²) in [6.07, 6.45) is 4.48. The lowest BCUT2D eigenvalue weighted by molar-refractivity contribution is 0.0730. The maximum atomic E-state index is 12.4. The van der Waals surface area contributed by atoms with Crippen LogP contribution in [0.4, 0.5) is 5.69 Å². The van der Waals surface area contributed by atoms with E-state index in [0.29, 0.717) is 20.9 Å². The maximum absolute atomic E-state index is 12.4. The van der Waals surface area contributed by atoms with Crippen LogP contribution >= 0.6 is 11.3 Å². The molecule has 3 N–H and O–H groups in total. The van der Waals surface area contributed by atoms with Crippen molar-refractivity contribution in [1.82, 2.24) is 14.9 Å². The minimum atomic E-state index is -0.161. The van der Waals surface area contributed by atoms with Crippen molar-refractivity contribution in [2.75, 3.05) is 18.8 Å². The third kappa shape index (κ3) is 2.10. The number of anilines is 1. The van der Waals surface area contributed by atoms with Crippen molar-refractivity contribution in [3.63, 3.8) is 0 Å². The third-order valence-electron chi connectivity index (χ3n) is 3.26. The number of amides is 1. The van der Waals surface area contributed by atoms with Gasteiger partial charge in [0.2, 0.25) is 5.88 Å². The molecule has 1 aliphatic heterocycles. The highest BCUT2D eigenvalue weighted by Crippen LogP contribution is 2.33. The van der Waals surface area contributed by atoms with Gasteiger partial charge in [-0.05, 0) is 19.3 Å². The smallest absolute Gasteiger partial charge is 0.266 e. The lowest BCUT2D eigenvalue weighted by atomic mass is 10.1. The van der Waals surface area contributed by atoms with Crippen molar-refractivity contribution in [2.45, 2.75) is 19.3 Å². The van der Waals surface area contributed by atoms with E-state index >= 15 is 0 Å². The summed E-state index contributed by atoms with van der Waals surface area (Å²) in [5.74, 6) is -0.216.